The molecule has 0 saturated heterocycles. The molecule has 2 atom stereocenters. The summed E-state index contributed by atoms with van der Waals surface area (Å²) in [7, 11) is 0. The third-order valence-electron chi connectivity index (χ3n) is 2.00. The van der Waals surface area contributed by atoms with Crippen molar-refractivity contribution in [1.29, 1.82) is 0 Å². The third kappa shape index (κ3) is 1.77. The minimum atomic E-state index is -0.263. The maximum atomic E-state index is 5.76. The molecular weight excluding hydrogens is 184 g/mol. The number of hydrogen-bond acceptors (Lipinski definition) is 1. The van der Waals surface area contributed by atoms with Crippen molar-refractivity contribution < 1.29 is 4.74 Å². The summed E-state index contributed by atoms with van der Waals surface area (Å²) in [6, 6.07) is 9.04. The molecule has 1 nitrogen and oxygen atoms in total. The molecule has 2 unspecified atom stereocenters. The highest BCUT2D eigenvalue weighted by molar-refractivity contribution is 6.19. The predicted octanol–water partition coefficient (Wildman–Crippen LogP) is 3.16. The molecule has 0 aromatic heterocycles. The van der Waals surface area contributed by atoms with Gasteiger partial charge in [-0.1, -0.05) is 42.0 Å². The molecule has 2 rings (SSSR count). The first kappa shape index (κ1) is 8.79. The van der Waals surface area contributed by atoms with Gasteiger partial charge in [-0.05, 0) is 24.1 Å². The largest absolute Gasteiger partial charge is 0.351 e. The lowest BCUT2D eigenvalue weighted by Gasteiger charge is -2.13. The van der Waals surface area contributed by atoms with Crippen LogP contribution in [-0.2, 0) is 4.74 Å². The smallest absolute Gasteiger partial charge is 0.129 e. The first-order valence-electron chi connectivity index (χ1n) is 4.26. The summed E-state index contributed by atoms with van der Waals surface area (Å²) in [6.45, 7) is 1.82. The van der Waals surface area contributed by atoms with Gasteiger partial charge in [0.25, 0.3) is 0 Å². The molecule has 0 amide bonds. The van der Waals surface area contributed by atoms with Crippen LogP contribution >= 0.6 is 11.6 Å². The van der Waals surface area contributed by atoms with Gasteiger partial charge in [-0.15, -0.1) is 0 Å². The van der Waals surface area contributed by atoms with Crippen LogP contribution in [0.2, 0.25) is 0 Å². The summed E-state index contributed by atoms with van der Waals surface area (Å²) in [4.78, 5) is 0. The fourth-order valence-corrected chi connectivity index (χ4v) is 1.57. The molecule has 13 heavy (non-hydrogen) atoms. The average Bonchev–Trinajstić information content (AvgIpc) is 2.48. The normalized spacial score (nSPS) is 21.5. The van der Waals surface area contributed by atoms with Gasteiger partial charge in [0.05, 0.1) is 0 Å². The Hall–Kier alpha value is -0.790. The van der Waals surface area contributed by atoms with E-state index in [2.05, 4.69) is 6.07 Å². The Morgan fingerprint density at radius 1 is 1.62 bits per heavy atom. The molecule has 0 heterocycles. The second-order valence-corrected chi connectivity index (χ2v) is 3.61. The van der Waals surface area contributed by atoms with Crippen molar-refractivity contribution >= 4 is 17.7 Å². The van der Waals surface area contributed by atoms with E-state index in [0.29, 0.717) is 0 Å². The molecule has 2 heteroatoms. The molecule has 0 N–H and O–H groups in total. The summed E-state index contributed by atoms with van der Waals surface area (Å²) in [6.07, 6.45) is 4.01. The molecule has 1 aromatic carbocycles. The van der Waals surface area contributed by atoms with Crippen LogP contribution in [0.15, 0.2) is 24.3 Å². The van der Waals surface area contributed by atoms with Crippen molar-refractivity contribution in [3.63, 3.8) is 0 Å². The van der Waals surface area contributed by atoms with Crippen LogP contribution in [0.5, 0.6) is 0 Å². The minimum absolute atomic E-state index is 0.0000463. The Labute approximate surface area is 83.0 Å². The van der Waals surface area contributed by atoms with Crippen molar-refractivity contribution in [1.82, 2.24) is 0 Å². The van der Waals surface area contributed by atoms with Gasteiger partial charge in [0.15, 0.2) is 0 Å². The Morgan fingerprint density at radius 2 is 2.46 bits per heavy atom. The van der Waals surface area contributed by atoms with E-state index >= 15 is 0 Å². The molecule has 1 aliphatic rings. The second kappa shape index (κ2) is 3.52. The minimum Gasteiger partial charge on any atom is -0.351 e. The summed E-state index contributed by atoms with van der Waals surface area (Å²) in [5.41, 5.74) is 1.99. The highest BCUT2D eigenvalue weighted by Crippen LogP contribution is 2.31. The molecule has 1 aromatic rings. The first-order valence-corrected chi connectivity index (χ1v) is 4.69. The number of fused-ring (bicyclic) bond motifs is 1. The molecule has 1 radical (unpaired) electrons. The summed E-state index contributed by atoms with van der Waals surface area (Å²) in [5, 5.41) is 0. The molecule has 0 spiro atoms. The van der Waals surface area contributed by atoms with Crippen molar-refractivity contribution in [3.8, 4) is 0 Å². The predicted molar refractivity (Wildman–Crippen MR) is 53.5 cm³/mol. The zero-order valence-electron chi connectivity index (χ0n) is 7.33. The van der Waals surface area contributed by atoms with Crippen LogP contribution in [0.25, 0.3) is 6.08 Å². The van der Waals surface area contributed by atoms with Gasteiger partial charge in [-0.25, -0.2) is 0 Å². The quantitative estimate of drug-likeness (QED) is 0.656. The summed E-state index contributed by atoms with van der Waals surface area (Å²) >= 11 is 5.76. The van der Waals surface area contributed by atoms with Crippen LogP contribution < -0.4 is 0 Å². The van der Waals surface area contributed by atoms with Crippen molar-refractivity contribution in [2.24, 2.45) is 0 Å². The molecule has 0 aliphatic heterocycles. The van der Waals surface area contributed by atoms with Gasteiger partial charge in [0, 0.05) is 0 Å². The second-order valence-electron chi connectivity index (χ2n) is 3.00. The Balaban J connectivity index is 2.23. The van der Waals surface area contributed by atoms with Crippen LogP contribution in [0.3, 0.4) is 0 Å². The fraction of sp³-hybridized carbons (Fsp3) is 0.273. The summed E-state index contributed by atoms with van der Waals surface area (Å²) < 4.78 is 5.50. The number of halogens is 1. The van der Waals surface area contributed by atoms with Crippen LogP contribution in [0, 0.1) is 6.07 Å². The van der Waals surface area contributed by atoms with Gasteiger partial charge < -0.3 is 4.74 Å². The SMILES string of the molecule is CC(Cl)OC1C=Cc2[c]cccc21. The van der Waals surface area contributed by atoms with E-state index < -0.39 is 0 Å². The first-order chi connectivity index (χ1) is 6.27. The number of benzene rings is 1. The van der Waals surface area contributed by atoms with Crippen LogP contribution in [0.1, 0.15) is 24.2 Å². The Kier molecular flexibility index (Phi) is 2.38. The van der Waals surface area contributed by atoms with E-state index in [4.69, 9.17) is 16.3 Å². The van der Waals surface area contributed by atoms with Crippen molar-refractivity contribution in [2.75, 3.05) is 0 Å². The van der Waals surface area contributed by atoms with Gasteiger partial charge in [-0.3, -0.25) is 0 Å². The van der Waals surface area contributed by atoms with E-state index in [0.717, 1.165) is 11.1 Å². The summed E-state index contributed by atoms with van der Waals surface area (Å²) in [5.74, 6) is 0. The van der Waals surface area contributed by atoms with E-state index in [1.165, 1.54) is 0 Å². The monoisotopic (exact) mass is 193 g/mol. The Bertz CT molecular complexity index is 331. The zero-order chi connectivity index (χ0) is 9.26. The molecular formula is C11H10ClO. The lowest BCUT2D eigenvalue weighted by Crippen LogP contribution is -2.04. The van der Waals surface area contributed by atoms with Gasteiger partial charge in [0.1, 0.15) is 11.7 Å². The average molecular weight is 194 g/mol. The van der Waals surface area contributed by atoms with E-state index in [1.54, 1.807) is 0 Å². The lowest BCUT2D eigenvalue weighted by molar-refractivity contribution is 0.0728. The van der Waals surface area contributed by atoms with Crippen molar-refractivity contribution in [3.05, 3.63) is 41.5 Å². The van der Waals surface area contributed by atoms with Gasteiger partial charge in [-0.2, -0.15) is 0 Å². The van der Waals surface area contributed by atoms with Gasteiger partial charge in [0.2, 0.25) is 0 Å². The molecule has 0 fully saturated rings. The molecule has 67 valence electrons. The molecule has 0 saturated carbocycles. The van der Waals surface area contributed by atoms with E-state index in [9.17, 15) is 0 Å². The highest BCUT2D eigenvalue weighted by Gasteiger charge is 2.18. The van der Waals surface area contributed by atoms with Crippen molar-refractivity contribution in [2.45, 2.75) is 18.6 Å². The standard InChI is InChI=1S/C11H10ClO/c1-8(12)13-11-7-6-9-4-2-3-5-10(9)11/h2-3,5-8,11H,1H3. The van der Waals surface area contributed by atoms with E-state index in [1.807, 2.05) is 37.3 Å². The fourth-order valence-electron chi connectivity index (χ4n) is 1.46. The molecule has 0 bridgehead atoms. The van der Waals surface area contributed by atoms with Crippen LogP contribution in [0.4, 0.5) is 0 Å². The maximum absolute atomic E-state index is 5.76. The molecule has 1 aliphatic carbocycles. The third-order valence-corrected chi connectivity index (χ3v) is 2.10. The topological polar surface area (TPSA) is 9.23 Å². The highest BCUT2D eigenvalue weighted by atomic mass is 35.5. The number of hydrogen-bond donors (Lipinski definition) is 0. The van der Waals surface area contributed by atoms with Gasteiger partial charge >= 0.3 is 0 Å². The number of ether oxygens (including phenoxy) is 1. The van der Waals surface area contributed by atoms with E-state index in [-0.39, 0.29) is 11.7 Å². The zero-order valence-corrected chi connectivity index (χ0v) is 8.08. The maximum Gasteiger partial charge on any atom is 0.129 e. The van der Waals surface area contributed by atoms with Crippen LogP contribution in [-0.4, -0.2) is 5.56 Å². The Morgan fingerprint density at radius 3 is 3.23 bits per heavy atom. The number of alkyl halides is 1. The lowest BCUT2D eigenvalue weighted by atomic mass is 10.1. The number of rotatable bonds is 2.